The van der Waals surface area contributed by atoms with Crippen molar-refractivity contribution < 1.29 is 0 Å². The van der Waals surface area contributed by atoms with Crippen LogP contribution in [0.25, 0.3) is 0 Å². The van der Waals surface area contributed by atoms with Gasteiger partial charge >= 0.3 is 0 Å². The van der Waals surface area contributed by atoms with Crippen LogP contribution in [0.4, 0.5) is 0 Å². The summed E-state index contributed by atoms with van der Waals surface area (Å²) < 4.78 is 1.76. The van der Waals surface area contributed by atoms with Gasteiger partial charge in [-0.1, -0.05) is 0 Å². The Labute approximate surface area is 83.3 Å². The van der Waals surface area contributed by atoms with Gasteiger partial charge in [0.2, 0.25) is 0 Å². The second kappa shape index (κ2) is 3.10. The molecule has 0 saturated heterocycles. The van der Waals surface area contributed by atoms with Crippen LogP contribution in [0, 0.1) is 24.2 Å². The summed E-state index contributed by atoms with van der Waals surface area (Å²) in [4.78, 5) is 0. The van der Waals surface area contributed by atoms with E-state index >= 15 is 0 Å². The van der Waals surface area contributed by atoms with Gasteiger partial charge in [-0.05, 0) is 31.7 Å². The molecule has 0 bridgehead atoms. The van der Waals surface area contributed by atoms with E-state index in [-0.39, 0.29) is 0 Å². The van der Waals surface area contributed by atoms with Gasteiger partial charge in [0.15, 0.2) is 0 Å². The lowest BCUT2D eigenvalue weighted by molar-refractivity contribution is 0.383. The Morgan fingerprint density at radius 2 is 2.50 bits per heavy atom. The fraction of sp³-hybridized carbons (Fsp3) is 0.600. The number of hydrogen-bond donors (Lipinski definition) is 1. The Morgan fingerprint density at radius 1 is 1.79 bits per heavy atom. The fourth-order valence-electron chi connectivity index (χ4n) is 1.67. The molecule has 1 heterocycles. The minimum Gasteiger partial charge on any atom is -0.312 e. The molecule has 1 saturated carbocycles. The Morgan fingerprint density at radius 3 is 2.93 bits per heavy atom. The predicted octanol–water partition coefficient (Wildman–Crippen LogP) is 0.823. The Kier molecular flexibility index (Phi) is 2.05. The maximum atomic E-state index is 9.05. The maximum Gasteiger partial charge on any atom is 0.126 e. The molecule has 0 radical (unpaired) electrons. The number of nitrogens with two attached hydrogens (primary N) is 1. The van der Waals surface area contributed by atoms with Crippen molar-refractivity contribution in [3.05, 3.63) is 18.0 Å². The Balaban J connectivity index is 2.12. The summed E-state index contributed by atoms with van der Waals surface area (Å²) in [7, 11) is 0. The molecule has 2 N–H and O–H groups in total. The molecular weight excluding hydrogens is 176 g/mol. The minimum atomic E-state index is -0.724. The van der Waals surface area contributed by atoms with Gasteiger partial charge in [-0.2, -0.15) is 10.4 Å². The summed E-state index contributed by atoms with van der Waals surface area (Å²) in [5.41, 5.74) is 6.26. The van der Waals surface area contributed by atoms with Crippen LogP contribution < -0.4 is 5.73 Å². The highest BCUT2D eigenvalue weighted by Crippen LogP contribution is 2.38. The first-order valence-corrected chi connectivity index (χ1v) is 4.84. The number of nitrogens with zero attached hydrogens (tertiary/aromatic N) is 3. The quantitative estimate of drug-likeness (QED) is 0.767. The van der Waals surface area contributed by atoms with Gasteiger partial charge in [-0.25, -0.2) is 0 Å². The largest absolute Gasteiger partial charge is 0.312 e. The molecule has 2 rings (SSSR count). The lowest BCUT2D eigenvalue weighted by atomic mass is 9.97. The molecule has 4 heteroatoms. The van der Waals surface area contributed by atoms with E-state index in [1.165, 1.54) is 0 Å². The molecule has 0 amide bonds. The second-order valence-electron chi connectivity index (χ2n) is 4.08. The fourth-order valence-corrected chi connectivity index (χ4v) is 1.67. The van der Waals surface area contributed by atoms with E-state index < -0.39 is 5.54 Å². The van der Waals surface area contributed by atoms with Crippen molar-refractivity contribution >= 4 is 0 Å². The average molecular weight is 190 g/mol. The van der Waals surface area contributed by atoms with Gasteiger partial charge in [0.05, 0.1) is 18.3 Å². The third kappa shape index (κ3) is 1.64. The van der Waals surface area contributed by atoms with Crippen LogP contribution in [0.15, 0.2) is 12.3 Å². The van der Waals surface area contributed by atoms with Crippen molar-refractivity contribution in [2.75, 3.05) is 0 Å². The van der Waals surface area contributed by atoms with E-state index in [0.717, 1.165) is 18.5 Å². The van der Waals surface area contributed by atoms with Crippen LogP contribution in [-0.2, 0) is 6.54 Å². The molecule has 0 spiro atoms. The van der Waals surface area contributed by atoms with Gasteiger partial charge in [-0.3, -0.25) is 4.68 Å². The average Bonchev–Trinajstić information content (AvgIpc) is 2.93. The molecule has 1 unspecified atom stereocenters. The van der Waals surface area contributed by atoms with Crippen molar-refractivity contribution in [2.45, 2.75) is 31.8 Å². The van der Waals surface area contributed by atoms with Crippen LogP contribution in [0.5, 0.6) is 0 Å². The molecule has 0 aliphatic heterocycles. The van der Waals surface area contributed by atoms with Crippen LogP contribution in [0.2, 0.25) is 0 Å². The van der Waals surface area contributed by atoms with Crippen LogP contribution in [-0.4, -0.2) is 15.3 Å². The van der Waals surface area contributed by atoms with E-state index in [4.69, 9.17) is 11.0 Å². The highest BCUT2D eigenvalue weighted by Gasteiger charge is 2.43. The number of aryl methyl sites for hydroxylation is 1. The van der Waals surface area contributed by atoms with Gasteiger partial charge in [0.25, 0.3) is 0 Å². The second-order valence-corrected chi connectivity index (χ2v) is 4.08. The standard InChI is InChI=1S/C10H14N4/c1-8-4-5-14(13-8)7-10(12,6-11)9-2-3-9/h4-5,9H,2-3,7,12H2,1H3. The van der Waals surface area contributed by atoms with Crippen molar-refractivity contribution in [3.8, 4) is 6.07 Å². The zero-order valence-corrected chi connectivity index (χ0v) is 8.27. The molecule has 1 aliphatic carbocycles. The maximum absolute atomic E-state index is 9.05. The van der Waals surface area contributed by atoms with Crippen LogP contribution >= 0.6 is 0 Å². The van der Waals surface area contributed by atoms with Crippen molar-refractivity contribution in [3.63, 3.8) is 0 Å². The molecule has 1 atom stereocenters. The first-order valence-electron chi connectivity index (χ1n) is 4.84. The monoisotopic (exact) mass is 190 g/mol. The summed E-state index contributed by atoms with van der Waals surface area (Å²) >= 11 is 0. The topological polar surface area (TPSA) is 67.6 Å². The normalized spacial score (nSPS) is 20.1. The molecule has 74 valence electrons. The molecule has 1 aromatic rings. The molecule has 1 aromatic heterocycles. The number of hydrogen-bond acceptors (Lipinski definition) is 3. The highest BCUT2D eigenvalue weighted by molar-refractivity contribution is 5.13. The smallest absolute Gasteiger partial charge is 0.126 e. The van der Waals surface area contributed by atoms with Crippen molar-refractivity contribution in [1.82, 2.24) is 9.78 Å². The zero-order valence-electron chi connectivity index (χ0n) is 8.27. The number of rotatable bonds is 3. The van der Waals surface area contributed by atoms with Gasteiger partial charge in [0, 0.05) is 6.20 Å². The lowest BCUT2D eigenvalue weighted by Gasteiger charge is -2.20. The summed E-state index contributed by atoms with van der Waals surface area (Å²) in [6, 6.07) is 4.14. The van der Waals surface area contributed by atoms with E-state index in [1.807, 2.05) is 19.2 Å². The SMILES string of the molecule is Cc1ccn(CC(N)(C#N)C2CC2)n1. The first kappa shape index (κ1) is 9.22. The molecule has 4 nitrogen and oxygen atoms in total. The minimum absolute atomic E-state index is 0.358. The molecule has 14 heavy (non-hydrogen) atoms. The van der Waals surface area contributed by atoms with E-state index in [0.29, 0.717) is 12.5 Å². The van der Waals surface area contributed by atoms with Crippen LogP contribution in [0.3, 0.4) is 0 Å². The van der Waals surface area contributed by atoms with E-state index in [2.05, 4.69) is 11.2 Å². The number of nitriles is 1. The third-order valence-corrected chi connectivity index (χ3v) is 2.71. The van der Waals surface area contributed by atoms with Crippen molar-refractivity contribution in [2.24, 2.45) is 11.7 Å². The molecule has 1 fully saturated rings. The first-order chi connectivity index (χ1) is 6.64. The predicted molar refractivity (Wildman–Crippen MR) is 52.2 cm³/mol. The Bertz CT molecular complexity index is 372. The van der Waals surface area contributed by atoms with E-state index in [1.54, 1.807) is 4.68 Å². The zero-order chi connectivity index (χ0) is 10.2. The lowest BCUT2D eigenvalue weighted by Crippen LogP contribution is -2.45. The summed E-state index contributed by atoms with van der Waals surface area (Å²) in [5.74, 6) is 0.358. The third-order valence-electron chi connectivity index (χ3n) is 2.71. The van der Waals surface area contributed by atoms with E-state index in [9.17, 15) is 0 Å². The van der Waals surface area contributed by atoms with Gasteiger partial charge in [0.1, 0.15) is 5.54 Å². The summed E-state index contributed by atoms with van der Waals surface area (Å²) in [6.07, 6.45) is 4.02. The summed E-state index contributed by atoms with van der Waals surface area (Å²) in [5, 5.41) is 13.3. The number of aromatic nitrogens is 2. The molecular formula is C10H14N4. The molecule has 0 aromatic carbocycles. The summed E-state index contributed by atoms with van der Waals surface area (Å²) in [6.45, 7) is 2.43. The van der Waals surface area contributed by atoms with Gasteiger partial charge in [-0.15, -0.1) is 0 Å². The van der Waals surface area contributed by atoms with Gasteiger partial charge < -0.3 is 5.73 Å². The molecule has 1 aliphatic rings. The Hall–Kier alpha value is -1.34. The highest BCUT2D eigenvalue weighted by atomic mass is 15.3. The van der Waals surface area contributed by atoms with Crippen LogP contribution in [0.1, 0.15) is 18.5 Å². The van der Waals surface area contributed by atoms with Crippen molar-refractivity contribution in [1.29, 1.82) is 5.26 Å².